The van der Waals surface area contributed by atoms with Crippen LogP contribution in [-0.2, 0) is 6.54 Å². The van der Waals surface area contributed by atoms with E-state index in [1.54, 1.807) is 6.20 Å². The third-order valence-corrected chi connectivity index (χ3v) is 4.56. The zero-order chi connectivity index (χ0) is 15.5. The van der Waals surface area contributed by atoms with Crippen LogP contribution in [0.4, 0.5) is 0 Å². The number of benzene rings is 1. The minimum absolute atomic E-state index is 0.0135. The summed E-state index contributed by atoms with van der Waals surface area (Å²) >= 11 is 3.34. The van der Waals surface area contributed by atoms with Gasteiger partial charge in [-0.1, -0.05) is 29.8 Å². The number of carbonyl (C=O) groups excluding carboxylic acids is 1. The summed E-state index contributed by atoms with van der Waals surface area (Å²) in [5, 5.41) is 6.64. The highest BCUT2D eigenvalue weighted by molar-refractivity contribution is 9.10. The van der Waals surface area contributed by atoms with Gasteiger partial charge in [0.1, 0.15) is 5.69 Å². The summed E-state index contributed by atoms with van der Waals surface area (Å²) in [6, 6.07) is 8.59. The van der Waals surface area contributed by atoms with Gasteiger partial charge in [-0.2, -0.15) is 5.10 Å². The molecule has 5 nitrogen and oxygen atoms in total. The predicted molar refractivity (Wildman–Crippen MR) is 88.6 cm³/mol. The van der Waals surface area contributed by atoms with Crippen LogP contribution in [0, 0.1) is 6.92 Å². The van der Waals surface area contributed by atoms with E-state index in [2.05, 4.69) is 62.2 Å². The Morgan fingerprint density at radius 2 is 2.09 bits per heavy atom. The van der Waals surface area contributed by atoms with E-state index in [1.165, 1.54) is 11.1 Å². The molecule has 1 aromatic carbocycles. The van der Waals surface area contributed by atoms with Crippen molar-refractivity contribution in [3.8, 4) is 0 Å². The number of halogens is 1. The molecule has 0 spiro atoms. The van der Waals surface area contributed by atoms with Crippen LogP contribution in [-0.4, -0.2) is 52.1 Å². The van der Waals surface area contributed by atoms with Crippen LogP contribution in [0.3, 0.4) is 0 Å². The van der Waals surface area contributed by atoms with Crippen molar-refractivity contribution in [1.82, 2.24) is 20.0 Å². The molecule has 0 aliphatic carbocycles. The maximum atomic E-state index is 12.4. The summed E-state index contributed by atoms with van der Waals surface area (Å²) in [5.74, 6) is 0.0135. The molecule has 0 saturated carbocycles. The number of aromatic amines is 1. The number of carbonyl (C=O) groups is 1. The number of nitrogens with one attached hydrogen (secondary N) is 1. The van der Waals surface area contributed by atoms with Crippen LogP contribution < -0.4 is 0 Å². The quantitative estimate of drug-likeness (QED) is 0.912. The van der Waals surface area contributed by atoms with Crippen LogP contribution in [0.15, 0.2) is 34.9 Å². The number of H-pyrrole nitrogens is 1. The van der Waals surface area contributed by atoms with Crippen molar-refractivity contribution in [2.45, 2.75) is 13.5 Å². The van der Waals surface area contributed by atoms with E-state index in [1.807, 2.05) is 4.90 Å². The summed E-state index contributed by atoms with van der Waals surface area (Å²) in [7, 11) is 0. The second-order valence-electron chi connectivity index (χ2n) is 5.65. The SMILES string of the molecule is Cc1cccc(CN2CCN(C(=O)c3[nH]ncc3Br)CC2)c1. The van der Waals surface area contributed by atoms with E-state index in [0.29, 0.717) is 5.69 Å². The summed E-state index contributed by atoms with van der Waals surface area (Å²) in [4.78, 5) is 16.7. The van der Waals surface area contributed by atoms with E-state index in [9.17, 15) is 4.79 Å². The van der Waals surface area contributed by atoms with Crippen molar-refractivity contribution in [1.29, 1.82) is 0 Å². The lowest BCUT2D eigenvalue weighted by atomic mass is 10.1. The summed E-state index contributed by atoms with van der Waals surface area (Å²) < 4.78 is 0.722. The van der Waals surface area contributed by atoms with Crippen molar-refractivity contribution in [2.75, 3.05) is 26.2 Å². The second-order valence-corrected chi connectivity index (χ2v) is 6.50. The fourth-order valence-electron chi connectivity index (χ4n) is 2.76. The molecule has 1 amide bonds. The van der Waals surface area contributed by atoms with Gasteiger partial charge in [0.2, 0.25) is 0 Å². The van der Waals surface area contributed by atoms with Gasteiger partial charge < -0.3 is 4.90 Å². The highest BCUT2D eigenvalue weighted by Crippen LogP contribution is 2.17. The lowest BCUT2D eigenvalue weighted by Crippen LogP contribution is -2.48. The number of nitrogens with zero attached hydrogens (tertiary/aromatic N) is 3. The minimum atomic E-state index is 0.0135. The molecule has 0 bridgehead atoms. The summed E-state index contributed by atoms with van der Waals surface area (Å²) in [6.07, 6.45) is 1.61. The Hall–Kier alpha value is -1.66. The molecular formula is C16H19BrN4O. The zero-order valence-corrected chi connectivity index (χ0v) is 14.1. The molecule has 0 radical (unpaired) electrons. The van der Waals surface area contributed by atoms with Crippen molar-refractivity contribution < 1.29 is 4.79 Å². The first kappa shape index (κ1) is 15.2. The van der Waals surface area contributed by atoms with Gasteiger partial charge in [-0.15, -0.1) is 0 Å². The number of piperazine rings is 1. The zero-order valence-electron chi connectivity index (χ0n) is 12.6. The first-order valence-electron chi connectivity index (χ1n) is 7.39. The van der Waals surface area contributed by atoms with Crippen LogP contribution in [0.25, 0.3) is 0 Å². The molecule has 1 saturated heterocycles. The first-order valence-corrected chi connectivity index (χ1v) is 8.19. The Kier molecular flexibility index (Phi) is 4.59. The molecule has 0 unspecified atom stereocenters. The second kappa shape index (κ2) is 6.62. The van der Waals surface area contributed by atoms with Crippen LogP contribution in [0.1, 0.15) is 21.6 Å². The third-order valence-electron chi connectivity index (χ3n) is 3.96. The van der Waals surface area contributed by atoms with Gasteiger partial charge >= 0.3 is 0 Å². The van der Waals surface area contributed by atoms with E-state index < -0.39 is 0 Å². The molecule has 1 aromatic heterocycles. The molecule has 116 valence electrons. The van der Waals surface area contributed by atoms with E-state index in [-0.39, 0.29) is 5.91 Å². The van der Waals surface area contributed by atoms with Crippen molar-refractivity contribution in [3.63, 3.8) is 0 Å². The van der Waals surface area contributed by atoms with E-state index in [4.69, 9.17) is 0 Å². The van der Waals surface area contributed by atoms with Gasteiger partial charge in [-0.3, -0.25) is 14.8 Å². The van der Waals surface area contributed by atoms with Crippen LogP contribution in [0.5, 0.6) is 0 Å². The first-order chi connectivity index (χ1) is 10.6. The molecular weight excluding hydrogens is 344 g/mol. The largest absolute Gasteiger partial charge is 0.335 e. The van der Waals surface area contributed by atoms with Gasteiger partial charge in [-0.05, 0) is 28.4 Å². The number of hydrogen-bond acceptors (Lipinski definition) is 3. The third kappa shape index (κ3) is 3.39. The Morgan fingerprint density at radius 3 is 2.73 bits per heavy atom. The molecule has 1 N–H and O–H groups in total. The molecule has 2 heterocycles. The van der Waals surface area contributed by atoms with Crippen molar-refractivity contribution >= 4 is 21.8 Å². The van der Waals surface area contributed by atoms with Crippen molar-refractivity contribution in [3.05, 3.63) is 51.8 Å². The Morgan fingerprint density at radius 1 is 1.32 bits per heavy atom. The monoisotopic (exact) mass is 362 g/mol. The average Bonchev–Trinajstić information content (AvgIpc) is 2.93. The van der Waals surface area contributed by atoms with Crippen LogP contribution in [0.2, 0.25) is 0 Å². The predicted octanol–water partition coefficient (Wildman–Crippen LogP) is 2.44. The molecule has 1 aliphatic rings. The smallest absolute Gasteiger partial charge is 0.273 e. The fraction of sp³-hybridized carbons (Fsp3) is 0.375. The van der Waals surface area contributed by atoms with E-state index in [0.717, 1.165) is 37.2 Å². The van der Waals surface area contributed by atoms with Gasteiger partial charge in [0.25, 0.3) is 5.91 Å². The lowest BCUT2D eigenvalue weighted by molar-refractivity contribution is 0.0622. The molecule has 1 aliphatic heterocycles. The summed E-state index contributed by atoms with van der Waals surface area (Å²) in [6.45, 7) is 6.34. The summed E-state index contributed by atoms with van der Waals surface area (Å²) in [5.41, 5.74) is 3.15. The standard InChI is InChI=1S/C16H19BrN4O/c1-12-3-2-4-13(9-12)11-20-5-7-21(8-6-20)16(22)15-14(17)10-18-19-15/h2-4,9-10H,5-8,11H2,1H3,(H,18,19). The van der Waals surface area contributed by atoms with Gasteiger partial charge in [0.05, 0.1) is 10.7 Å². The molecule has 1 fully saturated rings. The van der Waals surface area contributed by atoms with Crippen molar-refractivity contribution in [2.24, 2.45) is 0 Å². The number of aromatic nitrogens is 2. The Balaban J connectivity index is 1.56. The maximum Gasteiger partial charge on any atom is 0.273 e. The topological polar surface area (TPSA) is 52.2 Å². The minimum Gasteiger partial charge on any atom is -0.335 e. The van der Waals surface area contributed by atoms with Gasteiger partial charge in [0, 0.05) is 32.7 Å². The molecule has 6 heteroatoms. The molecule has 2 aromatic rings. The van der Waals surface area contributed by atoms with E-state index >= 15 is 0 Å². The number of rotatable bonds is 3. The molecule has 3 rings (SSSR count). The maximum absolute atomic E-state index is 12.4. The normalized spacial score (nSPS) is 16.0. The fourth-order valence-corrected chi connectivity index (χ4v) is 3.12. The Bertz CT molecular complexity index is 662. The van der Waals surface area contributed by atoms with Gasteiger partial charge in [0.15, 0.2) is 0 Å². The molecule has 0 atom stereocenters. The number of aryl methyl sites for hydroxylation is 1. The number of amides is 1. The molecule has 22 heavy (non-hydrogen) atoms. The number of hydrogen-bond donors (Lipinski definition) is 1. The highest BCUT2D eigenvalue weighted by Gasteiger charge is 2.24. The lowest BCUT2D eigenvalue weighted by Gasteiger charge is -2.34. The van der Waals surface area contributed by atoms with Gasteiger partial charge in [-0.25, -0.2) is 0 Å². The Labute approximate surface area is 138 Å². The highest BCUT2D eigenvalue weighted by atomic mass is 79.9. The van der Waals surface area contributed by atoms with Crippen LogP contribution >= 0.6 is 15.9 Å². The average molecular weight is 363 g/mol.